The van der Waals surface area contributed by atoms with E-state index in [1.54, 1.807) is 24.3 Å². The highest BCUT2D eigenvalue weighted by Crippen LogP contribution is 2.43. The Kier molecular flexibility index (Phi) is 8.22. The van der Waals surface area contributed by atoms with E-state index < -0.39 is 17.6 Å². The van der Waals surface area contributed by atoms with Gasteiger partial charge in [-0.2, -0.15) is 0 Å². The standard InChI is InChI=1S/C26H24Br2N2O5/c27-20-10-6-17(7-11-20)23-26(25(32)30-33,16-19-4-1-2-5-22(19)28)29-24(35-23)18-8-12-21(13-9-18)34-15-3-14-31/h1-2,4-13,23,31,33H,3,14-16H2,(H,30,32)/t23-,26-/m0/s1. The number of halogens is 2. The molecule has 2 atom stereocenters. The SMILES string of the molecule is O=C(NO)[C@@]1(Cc2ccccc2Br)N=C(c2ccc(OCCCO)cc2)O[C@H]1c1ccc(Br)cc1. The minimum absolute atomic E-state index is 0.0622. The van der Waals surface area contributed by atoms with Gasteiger partial charge in [-0.1, -0.05) is 62.2 Å². The molecule has 1 amide bonds. The molecule has 0 unspecified atom stereocenters. The molecule has 0 bridgehead atoms. The van der Waals surface area contributed by atoms with Crippen LogP contribution in [0.25, 0.3) is 0 Å². The summed E-state index contributed by atoms with van der Waals surface area (Å²) in [7, 11) is 0. The number of hydroxylamine groups is 1. The third-order valence-electron chi connectivity index (χ3n) is 5.72. The zero-order valence-electron chi connectivity index (χ0n) is 18.7. The highest BCUT2D eigenvalue weighted by Gasteiger charge is 2.53. The molecule has 0 aliphatic carbocycles. The quantitative estimate of drug-likeness (QED) is 0.182. The zero-order valence-corrected chi connectivity index (χ0v) is 21.8. The number of carbonyl (C=O) groups is 1. The van der Waals surface area contributed by atoms with E-state index >= 15 is 0 Å². The van der Waals surface area contributed by atoms with Crippen LogP contribution in [0.15, 0.2) is 86.7 Å². The predicted molar refractivity (Wildman–Crippen MR) is 139 cm³/mol. The molecule has 0 saturated carbocycles. The number of nitrogens with one attached hydrogen (secondary N) is 1. The third-order valence-corrected chi connectivity index (χ3v) is 7.02. The molecule has 3 aromatic rings. The number of aliphatic imine (C=N–C) groups is 1. The molecule has 0 fully saturated rings. The summed E-state index contributed by atoms with van der Waals surface area (Å²) in [6, 6.07) is 22.2. The summed E-state index contributed by atoms with van der Waals surface area (Å²) in [6.07, 6.45) is -0.0569. The summed E-state index contributed by atoms with van der Waals surface area (Å²) in [5.74, 6) is 0.272. The van der Waals surface area contributed by atoms with Crippen LogP contribution in [0.2, 0.25) is 0 Å². The Morgan fingerprint density at radius 2 is 1.77 bits per heavy atom. The average molecular weight is 604 g/mol. The lowest BCUT2D eigenvalue weighted by Crippen LogP contribution is -2.49. The van der Waals surface area contributed by atoms with Crippen LogP contribution in [-0.2, 0) is 16.0 Å². The molecule has 35 heavy (non-hydrogen) atoms. The van der Waals surface area contributed by atoms with Crippen LogP contribution < -0.4 is 10.2 Å². The number of aliphatic hydroxyl groups excluding tert-OH is 1. The average Bonchev–Trinajstić information content (AvgIpc) is 3.26. The first-order chi connectivity index (χ1) is 17.0. The smallest absolute Gasteiger partial charge is 0.275 e. The molecule has 0 spiro atoms. The number of amides is 1. The predicted octanol–water partition coefficient (Wildman–Crippen LogP) is 4.98. The number of carbonyl (C=O) groups excluding carboxylic acids is 1. The topological polar surface area (TPSA) is 100 Å². The van der Waals surface area contributed by atoms with Crippen molar-refractivity contribution in [1.29, 1.82) is 0 Å². The maximum absolute atomic E-state index is 13.3. The molecular formula is C26H24Br2N2O5. The molecule has 1 aliphatic heterocycles. The minimum Gasteiger partial charge on any atom is -0.494 e. The van der Waals surface area contributed by atoms with Crippen LogP contribution in [-0.4, -0.2) is 40.9 Å². The van der Waals surface area contributed by atoms with Gasteiger partial charge in [-0.05, 0) is 53.6 Å². The fourth-order valence-corrected chi connectivity index (χ4v) is 4.64. The van der Waals surface area contributed by atoms with Gasteiger partial charge >= 0.3 is 0 Å². The number of rotatable bonds is 9. The van der Waals surface area contributed by atoms with E-state index in [-0.39, 0.29) is 18.9 Å². The van der Waals surface area contributed by atoms with E-state index in [4.69, 9.17) is 19.6 Å². The second-order valence-corrected chi connectivity index (χ2v) is 9.82. The first-order valence-electron chi connectivity index (χ1n) is 11.0. The fourth-order valence-electron chi connectivity index (χ4n) is 3.95. The Balaban J connectivity index is 1.76. The molecule has 3 N–H and O–H groups in total. The van der Waals surface area contributed by atoms with Crippen molar-refractivity contribution in [3.8, 4) is 5.75 Å². The molecule has 1 heterocycles. The van der Waals surface area contributed by atoms with Gasteiger partial charge in [0.05, 0.1) is 6.61 Å². The van der Waals surface area contributed by atoms with Crippen LogP contribution in [0.1, 0.15) is 29.2 Å². The zero-order chi connectivity index (χ0) is 24.8. The van der Waals surface area contributed by atoms with Crippen molar-refractivity contribution in [2.75, 3.05) is 13.2 Å². The molecule has 4 rings (SSSR count). The van der Waals surface area contributed by atoms with E-state index in [1.165, 1.54) is 0 Å². The molecule has 9 heteroatoms. The largest absolute Gasteiger partial charge is 0.494 e. The van der Waals surface area contributed by atoms with Crippen LogP contribution in [0.5, 0.6) is 5.75 Å². The van der Waals surface area contributed by atoms with Crippen molar-refractivity contribution >= 4 is 43.7 Å². The molecule has 182 valence electrons. The number of nitrogens with zero attached hydrogens (tertiary/aromatic N) is 1. The van der Waals surface area contributed by atoms with Crippen LogP contribution in [0.4, 0.5) is 0 Å². The normalized spacial score (nSPS) is 19.1. The van der Waals surface area contributed by atoms with Crippen molar-refractivity contribution in [1.82, 2.24) is 5.48 Å². The lowest BCUT2D eigenvalue weighted by atomic mass is 9.82. The van der Waals surface area contributed by atoms with Crippen LogP contribution in [0, 0.1) is 0 Å². The van der Waals surface area contributed by atoms with Gasteiger partial charge < -0.3 is 14.6 Å². The van der Waals surface area contributed by atoms with Crippen molar-refractivity contribution in [3.63, 3.8) is 0 Å². The lowest BCUT2D eigenvalue weighted by Gasteiger charge is -2.30. The third kappa shape index (κ3) is 5.59. The maximum atomic E-state index is 13.3. The number of hydrogen-bond acceptors (Lipinski definition) is 6. The van der Waals surface area contributed by atoms with Gasteiger partial charge in [0.2, 0.25) is 5.90 Å². The number of benzene rings is 3. The van der Waals surface area contributed by atoms with E-state index in [9.17, 15) is 10.0 Å². The van der Waals surface area contributed by atoms with Crippen molar-refractivity contribution in [3.05, 3.63) is 98.4 Å². The van der Waals surface area contributed by atoms with Crippen LogP contribution >= 0.6 is 31.9 Å². The first-order valence-corrected chi connectivity index (χ1v) is 12.6. The van der Waals surface area contributed by atoms with Crippen molar-refractivity contribution < 1.29 is 24.6 Å². The second kappa shape index (κ2) is 11.3. The maximum Gasteiger partial charge on any atom is 0.275 e. The minimum atomic E-state index is -1.46. The van der Waals surface area contributed by atoms with Gasteiger partial charge in [-0.25, -0.2) is 10.5 Å². The molecular weight excluding hydrogens is 580 g/mol. The van der Waals surface area contributed by atoms with Gasteiger partial charge in [-0.15, -0.1) is 0 Å². The summed E-state index contributed by atoms with van der Waals surface area (Å²) in [5.41, 5.74) is 2.61. The highest BCUT2D eigenvalue weighted by atomic mass is 79.9. The van der Waals surface area contributed by atoms with Crippen molar-refractivity contribution in [2.24, 2.45) is 4.99 Å². The Morgan fingerprint density at radius 3 is 2.43 bits per heavy atom. The lowest BCUT2D eigenvalue weighted by molar-refractivity contribution is -0.137. The monoisotopic (exact) mass is 602 g/mol. The molecule has 0 radical (unpaired) electrons. The van der Waals surface area contributed by atoms with E-state index in [0.717, 1.165) is 20.1 Å². The Bertz CT molecular complexity index is 1200. The Morgan fingerprint density at radius 1 is 1.06 bits per heavy atom. The van der Waals surface area contributed by atoms with Gasteiger partial charge in [0, 0.05) is 34.0 Å². The molecule has 1 aliphatic rings. The number of ether oxygens (including phenoxy) is 2. The summed E-state index contributed by atoms with van der Waals surface area (Å²) in [4.78, 5) is 18.1. The highest BCUT2D eigenvalue weighted by molar-refractivity contribution is 9.10. The van der Waals surface area contributed by atoms with Gasteiger partial charge in [0.25, 0.3) is 5.91 Å². The molecule has 7 nitrogen and oxygen atoms in total. The van der Waals surface area contributed by atoms with E-state index in [1.807, 2.05) is 54.0 Å². The first kappa shape index (κ1) is 25.4. The summed E-state index contributed by atoms with van der Waals surface area (Å²) < 4.78 is 13.7. The fraction of sp³-hybridized carbons (Fsp3) is 0.231. The van der Waals surface area contributed by atoms with Crippen molar-refractivity contribution in [2.45, 2.75) is 24.5 Å². The van der Waals surface area contributed by atoms with E-state index in [2.05, 4.69) is 31.9 Å². The summed E-state index contributed by atoms with van der Waals surface area (Å²) >= 11 is 7.00. The van der Waals surface area contributed by atoms with Crippen LogP contribution in [0.3, 0.4) is 0 Å². The second-order valence-electron chi connectivity index (χ2n) is 8.05. The Labute approximate surface area is 220 Å². The van der Waals surface area contributed by atoms with E-state index in [0.29, 0.717) is 24.3 Å². The van der Waals surface area contributed by atoms with Gasteiger partial charge in [-0.3, -0.25) is 10.0 Å². The number of hydrogen-bond donors (Lipinski definition) is 3. The molecule has 3 aromatic carbocycles. The molecule has 0 saturated heterocycles. The van der Waals surface area contributed by atoms with Gasteiger partial charge in [0.15, 0.2) is 11.6 Å². The van der Waals surface area contributed by atoms with Gasteiger partial charge in [0.1, 0.15) is 5.75 Å². The number of aliphatic hydroxyl groups is 1. The summed E-state index contributed by atoms with van der Waals surface area (Å²) in [6.45, 7) is 0.470. The summed E-state index contributed by atoms with van der Waals surface area (Å²) in [5, 5.41) is 18.7. The Hall–Kier alpha value is -2.72. The molecule has 0 aromatic heterocycles.